The molecular weight excluding hydrogens is 176 g/mol. The van der Waals surface area contributed by atoms with Gasteiger partial charge < -0.3 is 5.32 Å². The van der Waals surface area contributed by atoms with Crippen molar-refractivity contribution in [1.29, 1.82) is 0 Å². The van der Waals surface area contributed by atoms with E-state index in [0.717, 1.165) is 19.4 Å². The van der Waals surface area contributed by atoms with Crippen LogP contribution in [0.3, 0.4) is 0 Å². The third kappa shape index (κ3) is 2.73. The second-order valence-corrected chi connectivity index (χ2v) is 4.13. The normalized spacial score (nSPS) is 26.3. The third-order valence-corrected chi connectivity index (χ3v) is 2.93. The number of nitrogens with zero attached hydrogens (tertiary/aromatic N) is 1. The Kier molecular flexibility index (Phi) is 3.97. The van der Waals surface area contributed by atoms with Gasteiger partial charge in [0, 0.05) is 25.7 Å². The number of nitrogens with one attached hydrogen (secondary N) is 1. The van der Waals surface area contributed by atoms with E-state index in [0.29, 0.717) is 19.1 Å². The summed E-state index contributed by atoms with van der Waals surface area (Å²) in [6.07, 6.45) is 2.15. The molecule has 1 unspecified atom stereocenters. The number of rotatable bonds is 3. The minimum atomic E-state index is -2.36. The predicted molar refractivity (Wildman–Crippen MR) is 48.6 cm³/mol. The van der Waals surface area contributed by atoms with Crippen LogP contribution in [0.5, 0.6) is 0 Å². The van der Waals surface area contributed by atoms with Crippen LogP contribution in [0.2, 0.25) is 0 Å². The van der Waals surface area contributed by atoms with Crippen molar-refractivity contribution in [1.82, 2.24) is 9.62 Å². The molecule has 0 aromatic heterocycles. The number of hydrogen-bond acceptors (Lipinski definition) is 3. The zero-order chi connectivity index (χ0) is 8.97. The molecule has 1 fully saturated rings. The van der Waals surface area contributed by atoms with E-state index in [1.165, 1.54) is 4.31 Å². The molecule has 1 heterocycles. The highest BCUT2D eigenvalue weighted by atomic mass is 32.2. The molecule has 1 N–H and O–H groups in total. The van der Waals surface area contributed by atoms with Crippen LogP contribution in [-0.4, -0.2) is 38.4 Å². The Hall–Kier alpha value is -0.130. The first kappa shape index (κ1) is 9.95. The summed E-state index contributed by atoms with van der Waals surface area (Å²) in [6.45, 7) is 4.16. The summed E-state index contributed by atoms with van der Waals surface area (Å²) in [5.74, 6) is 0. The first-order chi connectivity index (χ1) is 5.74. The van der Waals surface area contributed by atoms with Gasteiger partial charge in [-0.2, -0.15) is 0 Å². The van der Waals surface area contributed by atoms with Gasteiger partial charge >= 0.3 is 0 Å². The van der Waals surface area contributed by atoms with Crippen LogP contribution < -0.4 is 5.32 Å². The average Bonchev–Trinajstić information content (AvgIpc) is 2.05. The minimum absolute atomic E-state index is 0.358. The zero-order valence-corrected chi connectivity index (χ0v) is 8.22. The van der Waals surface area contributed by atoms with Gasteiger partial charge in [-0.05, 0) is 6.42 Å². The number of piperazine rings is 1. The van der Waals surface area contributed by atoms with Crippen LogP contribution in [0.25, 0.3) is 0 Å². The molecule has 4 nitrogen and oxygen atoms in total. The van der Waals surface area contributed by atoms with Crippen molar-refractivity contribution in [2.24, 2.45) is 0 Å². The molecule has 0 saturated carbocycles. The molecule has 0 aromatic rings. The fourth-order valence-corrected chi connectivity index (χ4v) is 2.09. The molecule has 0 aromatic carbocycles. The molecule has 0 amide bonds. The van der Waals surface area contributed by atoms with Gasteiger partial charge in [0.15, 0.2) is 0 Å². The molecule has 5 heteroatoms. The van der Waals surface area contributed by atoms with E-state index in [1.807, 2.05) is 0 Å². The average molecular weight is 192 g/mol. The Morgan fingerprint density at radius 2 is 2.33 bits per heavy atom. The van der Waals surface area contributed by atoms with Gasteiger partial charge in [-0.25, -0.2) is 12.7 Å². The van der Waals surface area contributed by atoms with Gasteiger partial charge in [0.25, 0.3) is 0 Å². The topological polar surface area (TPSA) is 49.4 Å². The van der Waals surface area contributed by atoms with Crippen molar-refractivity contribution < 1.29 is 8.42 Å². The lowest BCUT2D eigenvalue weighted by Crippen LogP contribution is -2.49. The lowest BCUT2D eigenvalue weighted by molar-refractivity contribution is 0.293. The molecule has 12 heavy (non-hydrogen) atoms. The van der Waals surface area contributed by atoms with Crippen LogP contribution in [0.15, 0.2) is 0 Å². The summed E-state index contributed by atoms with van der Waals surface area (Å²) in [4.78, 5) is 0. The van der Waals surface area contributed by atoms with E-state index in [2.05, 4.69) is 12.2 Å². The molecular formula is C7H16N2O2S. The van der Waals surface area contributed by atoms with Gasteiger partial charge in [-0.1, -0.05) is 13.3 Å². The minimum Gasteiger partial charge on any atom is -0.311 e. The summed E-state index contributed by atoms with van der Waals surface area (Å²) in [5, 5.41) is 3.30. The van der Waals surface area contributed by atoms with Crippen molar-refractivity contribution in [3.05, 3.63) is 0 Å². The van der Waals surface area contributed by atoms with Crippen LogP contribution in [0.1, 0.15) is 19.8 Å². The maximum Gasteiger partial charge on any atom is 0.204 e. The largest absolute Gasteiger partial charge is 0.311 e. The molecule has 1 aliphatic heterocycles. The Labute approximate surface area is 75.0 Å². The van der Waals surface area contributed by atoms with Gasteiger partial charge in [0.05, 0.1) is 0 Å². The molecule has 1 atom stereocenters. The van der Waals surface area contributed by atoms with Crippen molar-refractivity contribution in [3.63, 3.8) is 0 Å². The highest BCUT2D eigenvalue weighted by Gasteiger charge is 2.19. The molecule has 72 valence electrons. The standard InChI is InChI=1S/C7H16N2O2S/c1-2-3-7-6-9(12(10)11)5-4-8-7/h7-8,12H,2-6H2,1H3. The van der Waals surface area contributed by atoms with Crippen LogP contribution in [0, 0.1) is 0 Å². The van der Waals surface area contributed by atoms with E-state index >= 15 is 0 Å². The summed E-state index contributed by atoms with van der Waals surface area (Å²) in [6, 6.07) is 0.358. The van der Waals surface area contributed by atoms with Gasteiger partial charge in [-0.3, -0.25) is 0 Å². The Bertz CT molecular complexity index is 196. The maximum absolute atomic E-state index is 10.6. The van der Waals surface area contributed by atoms with E-state index in [-0.39, 0.29) is 0 Å². The monoisotopic (exact) mass is 192 g/mol. The second kappa shape index (κ2) is 4.79. The summed E-state index contributed by atoms with van der Waals surface area (Å²) in [5.41, 5.74) is 0. The Morgan fingerprint density at radius 1 is 1.58 bits per heavy atom. The summed E-state index contributed by atoms with van der Waals surface area (Å²) >= 11 is 0. The fourth-order valence-electron chi connectivity index (χ4n) is 1.50. The van der Waals surface area contributed by atoms with Crippen molar-refractivity contribution in [2.75, 3.05) is 19.6 Å². The van der Waals surface area contributed by atoms with E-state index in [4.69, 9.17) is 0 Å². The van der Waals surface area contributed by atoms with E-state index in [9.17, 15) is 8.42 Å². The highest BCUT2D eigenvalue weighted by molar-refractivity contribution is 7.69. The predicted octanol–water partition coefficient (Wildman–Crippen LogP) is -0.413. The molecule has 1 saturated heterocycles. The van der Waals surface area contributed by atoms with E-state index in [1.54, 1.807) is 0 Å². The Morgan fingerprint density at radius 3 is 2.92 bits per heavy atom. The molecule has 1 aliphatic rings. The van der Waals surface area contributed by atoms with Crippen LogP contribution in [-0.2, 0) is 10.9 Å². The molecule has 1 rings (SSSR count). The third-order valence-electron chi connectivity index (χ3n) is 2.10. The maximum atomic E-state index is 10.6. The lowest BCUT2D eigenvalue weighted by atomic mass is 10.1. The van der Waals surface area contributed by atoms with Gasteiger partial charge in [-0.15, -0.1) is 0 Å². The Balaban J connectivity index is 2.40. The second-order valence-electron chi connectivity index (χ2n) is 3.09. The summed E-state index contributed by atoms with van der Waals surface area (Å²) < 4.78 is 22.8. The molecule has 0 radical (unpaired) electrons. The van der Waals surface area contributed by atoms with Gasteiger partial charge in [0.1, 0.15) is 0 Å². The smallest absolute Gasteiger partial charge is 0.204 e. The fraction of sp³-hybridized carbons (Fsp3) is 1.00. The molecule has 0 spiro atoms. The van der Waals surface area contributed by atoms with Crippen molar-refractivity contribution in [3.8, 4) is 0 Å². The van der Waals surface area contributed by atoms with E-state index < -0.39 is 10.9 Å². The number of hydrogen-bond donors (Lipinski definition) is 2. The lowest BCUT2D eigenvalue weighted by Gasteiger charge is -2.29. The first-order valence-corrected chi connectivity index (χ1v) is 5.49. The SMILES string of the molecule is CCCC1CN([SH](=O)=O)CCN1. The molecule has 0 aliphatic carbocycles. The van der Waals surface area contributed by atoms with Crippen LogP contribution in [0.4, 0.5) is 0 Å². The number of thiol groups is 1. The van der Waals surface area contributed by atoms with Crippen molar-refractivity contribution in [2.45, 2.75) is 25.8 Å². The van der Waals surface area contributed by atoms with Gasteiger partial charge in [0.2, 0.25) is 10.9 Å². The summed E-state index contributed by atoms with van der Waals surface area (Å²) in [7, 11) is -2.36. The van der Waals surface area contributed by atoms with Crippen LogP contribution >= 0.6 is 0 Å². The molecule has 0 bridgehead atoms. The first-order valence-electron chi connectivity index (χ1n) is 4.36. The zero-order valence-electron chi connectivity index (χ0n) is 7.32. The quantitative estimate of drug-likeness (QED) is 0.598. The van der Waals surface area contributed by atoms with Crippen molar-refractivity contribution >= 4 is 10.9 Å². The highest BCUT2D eigenvalue weighted by Crippen LogP contribution is 2.04.